The first-order valence-electron chi connectivity index (χ1n) is 7.88. The number of halogens is 1. The lowest BCUT2D eigenvalue weighted by Gasteiger charge is -2.24. The number of para-hydroxylation sites is 1. The van der Waals surface area contributed by atoms with Crippen molar-refractivity contribution < 1.29 is 13.9 Å². The minimum atomic E-state index is -0.421. The highest BCUT2D eigenvalue weighted by molar-refractivity contribution is 5.91. The summed E-state index contributed by atoms with van der Waals surface area (Å²) in [6.07, 6.45) is 1.95. The van der Waals surface area contributed by atoms with E-state index in [-0.39, 0.29) is 18.3 Å². The Morgan fingerprint density at radius 2 is 2.08 bits per heavy atom. The highest BCUT2D eigenvalue weighted by Crippen LogP contribution is 2.28. The molecule has 0 spiro atoms. The number of nitrogens with one attached hydrogen (secondary N) is 1. The van der Waals surface area contributed by atoms with Crippen LogP contribution in [0.15, 0.2) is 54.9 Å². The number of hydrogen-bond donors (Lipinski definition) is 1. The first-order valence-corrected chi connectivity index (χ1v) is 7.88. The molecule has 0 saturated heterocycles. The van der Waals surface area contributed by atoms with Gasteiger partial charge in [0, 0.05) is 0 Å². The highest BCUT2D eigenvalue weighted by Gasteiger charge is 2.27. The molecule has 1 aliphatic rings. The van der Waals surface area contributed by atoms with E-state index in [0.29, 0.717) is 23.7 Å². The van der Waals surface area contributed by atoms with Gasteiger partial charge in [-0.3, -0.25) is 14.7 Å². The maximum absolute atomic E-state index is 13.4. The van der Waals surface area contributed by atoms with E-state index in [0.717, 1.165) is 5.69 Å². The molecule has 6 nitrogen and oxygen atoms in total. The van der Waals surface area contributed by atoms with Crippen LogP contribution in [0.1, 0.15) is 5.56 Å². The van der Waals surface area contributed by atoms with Crippen molar-refractivity contribution in [2.24, 2.45) is 5.92 Å². The Hall–Kier alpha value is -3.22. The largest absolute Gasteiger partial charge is 0.492 e. The van der Waals surface area contributed by atoms with Gasteiger partial charge < -0.3 is 4.74 Å². The number of carbonyl (C=O) groups excluding carboxylic acids is 1. The third kappa shape index (κ3) is 3.08. The van der Waals surface area contributed by atoms with Gasteiger partial charge in [-0.15, -0.1) is 10.2 Å². The molecule has 2 heterocycles. The van der Waals surface area contributed by atoms with Gasteiger partial charge in [0.05, 0.1) is 11.6 Å². The first kappa shape index (κ1) is 15.3. The second kappa shape index (κ2) is 6.35. The summed E-state index contributed by atoms with van der Waals surface area (Å²) < 4.78 is 20.7. The summed E-state index contributed by atoms with van der Waals surface area (Å²) in [5, 5.41) is 10.6. The zero-order valence-corrected chi connectivity index (χ0v) is 13.2. The van der Waals surface area contributed by atoms with E-state index in [2.05, 4.69) is 15.5 Å². The van der Waals surface area contributed by atoms with Gasteiger partial charge in [0.15, 0.2) is 0 Å². The second-order valence-corrected chi connectivity index (χ2v) is 5.81. The Morgan fingerprint density at radius 3 is 2.92 bits per heavy atom. The molecule has 3 aromatic rings. The Kier molecular flexibility index (Phi) is 3.89. The Morgan fingerprint density at radius 1 is 1.24 bits per heavy atom. The first-order chi connectivity index (χ1) is 12.2. The van der Waals surface area contributed by atoms with Gasteiger partial charge in [-0.2, -0.15) is 0 Å². The van der Waals surface area contributed by atoms with Gasteiger partial charge in [0.2, 0.25) is 11.9 Å². The van der Waals surface area contributed by atoms with Crippen LogP contribution in [0.25, 0.3) is 5.69 Å². The van der Waals surface area contributed by atoms with Gasteiger partial charge in [0.25, 0.3) is 0 Å². The number of benzene rings is 2. The molecule has 0 unspecified atom stereocenters. The molecule has 0 bridgehead atoms. The lowest BCUT2D eigenvalue weighted by Crippen LogP contribution is -2.33. The quantitative estimate of drug-likeness (QED) is 0.797. The van der Waals surface area contributed by atoms with Crippen LogP contribution in [0.4, 0.5) is 10.3 Å². The monoisotopic (exact) mass is 338 g/mol. The molecule has 0 aliphatic carbocycles. The van der Waals surface area contributed by atoms with Crippen LogP contribution in [0, 0.1) is 11.7 Å². The van der Waals surface area contributed by atoms with Gasteiger partial charge in [-0.25, -0.2) is 4.39 Å². The molecule has 1 N–H and O–H groups in total. The van der Waals surface area contributed by atoms with E-state index >= 15 is 0 Å². The predicted molar refractivity (Wildman–Crippen MR) is 89.1 cm³/mol. The maximum Gasteiger partial charge on any atom is 0.235 e. The fourth-order valence-electron chi connectivity index (χ4n) is 2.84. The van der Waals surface area contributed by atoms with Crippen molar-refractivity contribution in [2.45, 2.75) is 6.42 Å². The molecule has 1 aliphatic heterocycles. The number of amides is 1. The fourth-order valence-corrected chi connectivity index (χ4v) is 2.84. The Labute approximate surface area is 143 Å². The molecule has 2 aromatic carbocycles. The maximum atomic E-state index is 13.4. The van der Waals surface area contributed by atoms with Crippen LogP contribution in [-0.2, 0) is 11.2 Å². The van der Waals surface area contributed by atoms with Crippen LogP contribution in [0.3, 0.4) is 0 Å². The summed E-state index contributed by atoms with van der Waals surface area (Å²) in [5.41, 5.74) is 1.53. The number of fused-ring (bicyclic) bond motifs is 1. The number of anilines is 1. The summed E-state index contributed by atoms with van der Waals surface area (Å²) >= 11 is 0. The van der Waals surface area contributed by atoms with E-state index in [1.807, 2.05) is 30.3 Å². The molecular weight excluding hydrogens is 323 g/mol. The fraction of sp³-hybridized carbons (Fsp3) is 0.167. The van der Waals surface area contributed by atoms with E-state index in [9.17, 15) is 9.18 Å². The lowest BCUT2D eigenvalue weighted by molar-refractivity contribution is -0.121. The molecule has 0 radical (unpaired) electrons. The summed E-state index contributed by atoms with van der Waals surface area (Å²) in [7, 11) is 0. The van der Waals surface area contributed by atoms with Crippen LogP contribution in [-0.4, -0.2) is 27.3 Å². The molecular formula is C18H15FN4O2. The molecule has 4 rings (SSSR count). The molecule has 0 saturated carbocycles. The Balaban J connectivity index is 1.51. The molecule has 126 valence electrons. The van der Waals surface area contributed by atoms with E-state index < -0.39 is 5.92 Å². The Bertz CT molecular complexity index is 910. The molecule has 1 amide bonds. The highest BCUT2D eigenvalue weighted by atomic mass is 19.1. The van der Waals surface area contributed by atoms with Crippen molar-refractivity contribution in [1.29, 1.82) is 0 Å². The average molecular weight is 338 g/mol. The van der Waals surface area contributed by atoms with Gasteiger partial charge >= 0.3 is 0 Å². The molecule has 1 aromatic heterocycles. The normalized spacial score (nSPS) is 16.0. The van der Waals surface area contributed by atoms with Crippen LogP contribution < -0.4 is 10.1 Å². The smallest absolute Gasteiger partial charge is 0.235 e. The van der Waals surface area contributed by atoms with Crippen molar-refractivity contribution in [3.05, 3.63) is 66.2 Å². The third-order valence-corrected chi connectivity index (χ3v) is 4.12. The van der Waals surface area contributed by atoms with E-state index in [1.54, 1.807) is 10.6 Å². The number of nitrogens with zero attached hydrogens (tertiary/aromatic N) is 3. The summed E-state index contributed by atoms with van der Waals surface area (Å²) in [4.78, 5) is 12.6. The van der Waals surface area contributed by atoms with Crippen molar-refractivity contribution in [3.8, 4) is 11.4 Å². The van der Waals surface area contributed by atoms with E-state index in [4.69, 9.17) is 4.74 Å². The SMILES string of the molecule is O=C(Nc1nncn1-c1ccccc1)[C@@H]1COc2ccc(F)cc2C1. The van der Waals surface area contributed by atoms with Crippen molar-refractivity contribution in [3.63, 3.8) is 0 Å². The van der Waals surface area contributed by atoms with Crippen molar-refractivity contribution in [1.82, 2.24) is 14.8 Å². The van der Waals surface area contributed by atoms with Gasteiger partial charge in [0.1, 0.15) is 24.5 Å². The minimum absolute atomic E-state index is 0.236. The third-order valence-electron chi connectivity index (χ3n) is 4.12. The van der Waals surface area contributed by atoms with Crippen LogP contribution in [0.5, 0.6) is 5.75 Å². The second-order valence-electron chi connectivity index (χ2n) is 5.81. The zero-order valence-electron chi connectivity index (χ0n) is 13.2. The number of hydrogen-bond acceptors (Lipinski definition) is 4. The summed E-state index contributed by atoms with van der Waals surface area (Å²) in [6.45, 7) is 0.240. The van der Waals surface area contributed by atoms with Gasteiger partial charge in [-0.05, 0) is 42.3 Å². The molecule has 7 heteroatoms. The van der Waals surface area contributed by atoms with E-state index in [1.165, 1.54) is 18.5 Å². The lowest BCUT2D eigenvalue weighted by atomic mass is 9.96. The number of ether oxygens (including phenoxy) is 1. The average Bonchev–Trinajstić information content (AvgIpc) is 3.10. The number of aromatic nitrogens is 3. The molecule has 0 fully saturated rings. The number of rotatable bonds is 3. The summed E-state index contributed by atoms with van der Waals surface area (Å²) in [5.74, 6) is -0.0401. The molecule has 25 heavy (non-hydrogen) atoms. The number of carbonyl (C=O) groups is 1. The van der Waals surface area contributed by atoms with Crippen molar-refractivity contribution in [2.75, 3.05) is 11.9 Å². The standard InChI is InChI=1S/C18H15FN4O2/c19-14-6-7-16-12(9-14)8-13(10-25-16)17(24)21-18-22-20-11-23(18)15-4-2-1-3-5-15/h1-7,9,11,13H,8,10H2,(H,21,22,24)/t13-/m0/s1. The van der Waals surface area contributed by atoms with Crippen LogP contribution >= 0.6 is 0 Å². The zero-order chi connectivity index (χ0) is 17.2. The topological polar surface area (TPSA) is 69.0 Å². The molecule has 1 atom stereocenters. The van der Waals surface area contributed by atoms with Crippen LogP contribution in [0.2, 0.25) is 0 Å². The summed E-state index contributed by atoms with van der Waals surface area (Å²) in [6, 6.07) is 13.8. The van der Waals surface area contributed by atoms with Crippen molar-refractivity contribution >= 4 is 11.9 Å². The van der Waals surface area contributed by atoms with Gasteiger partial charge in [-0.1, -0.05) is 18.2 Å². The minimum Gasteiger partial charge on any atom is -0.492 e. The predicted octanol–water partition coefficient (Wildman–Crippen LogP) is 2.60.